The second kappa shape index (κ2) is 9.74. The van der Waals surface area contributed by atoms with Gasteiger partial charge in [0.1, 0.15) is 5.82 Å². The van der Waals surface area contributed by atoms with Gasteiger partial charge in [0.05, 0.1) is 16.7 Å². The maximum Gasteiger partial charge on any atom is 0.223 e. The van der Waals surface area contributed by atoms with Gasteiger partial charge in [0.25, 0.3) is 0 Å². The van der Waals surface area contributed by atoms with Crippen LogP contribution in [0.2, 0.25) is 0 Å². The number of aromatic nitrogens is 2. The minimum absolute atomic E-state index is 0.180. The molecule has 0 spiro atoms. The summed E-state index contributed by atoms with van der Waals surface area (Å²) in [6.45, 7) is 11.4. The predicted octanol–water partition coefficient (Wildman–Crippen LogP) is 5.94. The number of halogens is 1. The Kier molecular flexibility index (Phi) is 6.77. The van der Waals surface area contributed by atoms with E-state index >= 15 is 0 Å². The highest BCUT2D eigenvalue weighted by Gasteiger charge is 2.32. The van der Waals surface area contributed by atoms with E-state index < -0.39 is 0 Å². The van der Waals surface area contributed by atoms with Crippen molar-refractivity contribution in [1.29, 1.82) is 0 Å². The van der Waals surface area contributed by atoms with Crippen molar-refractivity contribution >= 4 is 22.5 Å². The van der Waals surface area contributed by atoms with Crippen molar-refractivity contribution < 1.29 is 9.18 Å². The molecule has 4 nitrogen and oxygen atoms in total. The molecule has 0 saturated carbocycles. The largest absolute Gasteiger partial charge is 0.346 e. The fourth-order valence-electron chi connectivity index (χ4n) is 4.92. The second-order valence-corrected chi connectivity index (χ2v) is 9.10. The van der Waals surface area contributed by atoms with E-state index in [0.29, 0.717) is 24.3 Å². The number of allylic oxidation sites excluding steroid dienone is 3. The van der Waals surface area contributed by atoms with Gasteiger partial charge in [-0.25, -0.2) is 9.37 Å². The van der Waals surface area contributed by atoms with E-state index in [1.807, 2.05) is 36.1 Å². The molecule has 2 atom stereocenters. The zero-order valence-electron chi connectivity index (χ0n) is 19.7. The van der Waals surface area contributed by atoms with Gasteiger partial charge in [-0.3, -0.25) is 4.79 Å². The fourth-order valence-corrected chi connectivity index (χ4v) is 4.92. The van der Waals surface area contributed by atoms with Crippen molar-refractivity contribution in [3.63, 3.8) is 0 Å². The van der Waals surface area contributed by atoms with Gasteiger partial charge < -0.3 is 9.47 Å². The van der Waals surface area contributed by atoms with Crippen molar-refractivity contribution in [2.24, 2.45) is 5.92 Å². The van der Waals surface area contributed by atoms with Crippen LogP contribution in [-0.2, 0) is 17.8 Å². The van der Waals surface area contributed by atoms with Crippen LogP contribution in [0, 0.1) is 18.7 Å². The van der Waals surface area contributed by atoms with Gasteiger partial charge in [-0.15, -0.1) is 0 Å². The highest BCUT2D eigenvalue weighted by atomic mass is 19.1. The van der Waals surface area contributed by atoms with Crippen LogP contribution >= 0.6 is 0 Å². The predicted molar refractivity (Wildman–Crippen MR) is 132 cm³/mol. The summed E-state index contributed by atoms with van der Waals surface area (Å²) in [5, 5.41) is 0. The van der Waals surface area contributed by atoms with Crippen LogP contribution in [0.5, 0.6) is 0 Å². The van der Waals surface area contributed by atoms with Gasteiger partial charge >= 0.3 is 0 Å². The Morgan fingerprint density at radius 3 is 2.82 bits per heavy atom. The Bertz CT molecular complexity index is 1210. The highest BCUT2D eigenvalue weighted by Crippen LogP contribution is 2.28. The van der Waals surface area contributed by atoms with E-state index in [-0.39, 0.29) is 17.8 Å². The SMILES string of the molecule is C=C/C(=C\C)c1ccc2c(ccn2CC2C[C@@H](C)N(C(=O)CCc3ccc(F)c(C)c3)C2)n1. The van der Waals surface area contributed by atoms with E-state index in [1.165, 1.54) is 6.07 Å². The molecule has 1 aromatic carbocycles. The number of rotatable bonds is 7. The minimum atomic E-state index is -0.201. The number of aryl methyl sites for hydroxylation is 2. The average Bonchev–Trinajstić information content (AvgIpc) is 3.38. The van der Waals surface area contributed by atoms with Crippen LogP contribution in [0.4, 0.5) is 4.39 Å². The summed E-state index contributed by atoms with van der Waals surface area (Å²) in [4.78, 5) is 19.7. The normalized spacial score (nSPS) is 18.8. The number of nitrogens with zero attached hydrogens (tertiary/aromatic N) is 3. The standard InChI is InChI=1S/C28H32FN3O/c1-5-23(6-2)25-10-11-27-26(30-25)13-14-31(27)17-22-16-20(4)32(18-22)28(33)12-8-21-7-9-24(29)19(3)15-21/h5-7,9-11,13-15,20,22H,1,8,12,16-18H2,2-4H3/b23-6+/t20-,22?/m1/s1. The van der Waals surface area contributed by atoms with Crippen LogP contribution in [0.1, 0.15) is 43.5 Å². The first-order chi connectivity index (χ1) is 15.9. The summed E-state index contributed by atoms with van der Waals surface area (Å²) in [5.74, 6) is 0.388. The molecule has 0 aliphatic carbocycles. The average molecular weight is 446 g/mol. The monoisotopic (exact) mass is 445 g/mol. The van der Waals surface area contributed by atoms with E-state index in [2.05, 4.69) is 36.4 Å². The number of likely N-dealkylation sites (tertiary alicyclic amines) is 1. The summed E-state index contributed by atoms with van der Waals surface area (Å²) in [6.07, 6.45) is 8.03. The number of carbonyl (C=O) groups is 1. The number of benzene rings is 1. The smallest absolute Gasteiger partial charge is 0.223 e. The van der Waals surface area contributed by atoms with Crippen molar-refractivity contribution in [1.82, 2.24) is 14.5 Å². The molecular weight excluding hydrogens is 413 g/mol. The Labute approximate surface area is 195 Å². The fraction of sp³-hybridized carbons (Fsp3) is 0.357. The van der Waals surface area contributed by atoms with Crippen LogP contribution in [0.25, 0.3) is 16.6 Å². The third kappa shape index (κ3) is 4.92. The van der Waals surface area contributed by atoms with Gasteiger partial charge in [-0.05, 0) is 80.5 Å². The molecule has 4 rings (SSSR count). The van der Waals surface area contributed by atoms with E-state index in [1.54, 1.807) is 13.0 Å². The Balaban J connectivity index is 1.39. The zero-order chi connectivity index (χ0) is 23.5. The van der Waals surface area contributed by atoms with Crippen LogP contribution in [0.3, 0.4) is 0 Å². The Morgan fingerprint density at radius 2 is 2.09 bits per heavy atom. The number of carbonyl (C=O) groups excluding carboxylic acids is 1. The quantitative estimate of drug-likeness (QED) is 0.422. The Morgan fingerprint density at radius 1 is 1.27 bits per heavy atom. The van der Waals surface area contributed by atoms with Crippen LogP contribution in [0.15, 0.2) is 61.3 Å². The first kappa shape index (κ1) is 23.0. The molecule has 1 saturated heterocycles. The second-order valence-electron chi connectivity index (χ2n) is 9.10. The number of hydrogen-bond acceptors (Lipinski definition) is 2. The molecule has 5 heteroatoms. The number of hydrogen-bond donors (Lipinski definition) is 0. The maximum atomic E-state index is 13.5. The molecule has 1 aliphatic rings. The van der Waals surface area contributed by atoms with Gasteiger partial charge in [0.2, 0.25) is 5.91 Å². The van der Waals surface area contributed by atoms with E-state index in [9.17, 15) is 9.18 Å². The lowest BCUT2D eigenvalue weighted by Gasteiger charge is -2.21. The molecule has 1 aliphatic heterocycles. The lowest BCUT2D eigenvalue weighted by Crippen LogP contribution is -2.34. The number of amides is 1. The third-order valence-corrected chi connectivity index (χ3v) is 6.74. The summed E-state index contributed by atoms with van der Waals surface area (Å²) in [7, 11) is 0. The molecule has 172 valence electrons. The molecule has 1 amide bonds. The first-order valence-electron chi connectivity index (χ1n) is 11.7. The highest BCUT2D eigenvalue weighted by molar-refractivity contribution is 5.81. The molecule has 2 aromatic heterocycles. The lowest BCUT2D eigenvalue weighted by atomic mass is 10.1. The molecule has 1 unspecified atom stereocenters. The first-order valence-corrected chi connectivity index (χ1v) is 11.7. The number of pyridine rings is 1. The van der Waals surface area contributed by atoms with Crippen molar-refractivity contribution in [2.75, 3.05) is 6.54 Å². The summed E-state index contributed by atoms with van der Waals surface area (Å²) in [5.41, 5.74) is 5.68. The molecule has 0 bridgehead atoms. The molecule has 3 aromatic rings. The molecule has 1 fully saturated rings. The maximum absolute atomic E-state index is 13.5. The van der Waals surface area contributed by atoms with Crippen LogP contribution < -0.4 is 0 Å². The van der Waals surface area contributed by atoms with Gasteiger partial charge in [-0.2, -0.15) is 0 Å². The third-order valence-electron chi connectivity index (χ3n) is 6.74. The summed E-state index contributed by atoms with van der Waals surface area (Å²) in [6, 6.07) is 11.5. The number of fused-ring (bicyclic) bond motifs is 1. The van der Waals surface area contributed by atoms with Crippen molar-refractivity contribution in [2.45, 2.75) is 52.6 Å². The molecular formula is C28H32FN3O. The van der Waals surface area contributed by atoms with Crippen molar-refractivity contribution in [3.05, 3.63) is 84.0 Å². The molecule has 0 N–H and O–H groups in total. The topological polar surface area (TPSA) is 38.1 Å². The minimum Gasteiger partial charge on any atom is -0.346 e. The van der Waals surface area contributed by atoms with Gasteiger partial charge in [0.15, 0.2) is 0 Å². The zero-order valence-corrected chi connectivity index (χ0v) is 19.7. The van der Waals surface area contributed by atoms with Gasteiger partial charge in [0, 0.05) is 31.7 Å². The molecule has 0 radical (unpaired) electrons. The van der Waals surface area contributed by atoms with E-state index in [0.717, 1.165) is 47.4 Å². The summed E-state index contributed by atoms with van der Waals surface area (Å²) < 4.78 is 15.7. The lowest BCUT2D eigenvalue weighted by molar-refractivity contribution is -0.131. The molecule has 33 heavy (non-hydrogen) atoms. The van der Waals surface area contributed by atoms with Crippen molar-refractivity contribution in [3.8, 4) is 0 Å². The Hall–Kier alpha value is -3.21. The van der Waals surface area contributed by atoms with E-state index in [4.69, 9.17) is 4.98 Å². The molecule has 3 heterocycles. The summed E-state index contributed by atoms with van der Waals surface area (Å²) >= 11 is 0. The van der Waals surface area contributed by atoms with Gasteiger partial charge in [-0.1, -0.05) is 30.9 Å². The van der Waals surface area contributed by atoms with Crippen LogP contribution in [-0.4, -0.2) is 32.9 Å².